The number of rotatable bonds is 2. The maximum absolute atomic E-state index is 11.2. The van der Waals surface area contributed by atoms with Crippen LogP contribution in [0.3, 0.4) is 0 Å². The molecule has 3 nitrogen and oxygen atoms in total. The Kier molecular flexibility index (Phi) is 3.12. The van der Waals surface area contributed by atoms with Gasteiger partial charge in [0.15, 0.2) is 0 Å². The topological polar surface area (TPSA) is 23.6 Å². The van der Waals surface area contributed by atoms with Crippen molar-refractivity contribution in [2.75, 3.05) is 39.8 Å². The third-order valence-corrected chi connectivity index (χ3v) is 3.91. The fourth-order valence-corrected chi connectivity index (χ4v) is 2.68. The highest BCUT2D eigenvalue weighted by molar-refractivity contribution is 5.82. The van der Waals surface area contributed by atoms with Crippen LogP contribution in [0.15, 0.2) is 0 Å². The average Bonchev–Trinajstić information content (AvgIpc) is 2.57. The van der Waals surface area contributed by atoms with Crippen LogP contribution in [-0.2, 0) is 4.79 Å². The number of piperidine rings is 1. The van der Waals surface area contributed by atoms with Crippen LogP contribution in [0.1, 0.15) is 26.2 Å². The van der Waals surface area contributed by atoms with E-state index in [9.17, 15) is 4.79 Å². The molecule has 0 aromatic rings. The summed E-state index contributed by atoms with van der Waals surface area (Å²) in [5, 5.41) is 0. The lowest BCUT2D eigenvalue weighted by molar-refractivity contribution is -0.117. The summed E-state index contributed by atoms with van der Waals surface area (Å²) in [5.74, 6) is 0.423. The van der Waals surface area contributed by atoms with Crippen LogP contribution in [-0.4, -0.2) is 55.4 Å². The van der Waals surface area contributed by atoms with Crippen molar-refractivity contribution >= 4 is 5.78 Å². The Morgan fingerprint density at radius 2 is 1.93 bits per heavy atom. The number of ketones is 1. The Hall–Kier alpha value is -0.410. The number of likely N-dealkylation sites (tertiary alicyclic amines) is 2. The Bertz CT molecular complexity index is 244. The van der Waals surface area contributed by atoms with Gasteiger partial charge in [-0.05, 0) is 38.4 Å². The minimum atomic E-state index is 0.423. The van der Waals surface area contributed by atoms with Crippen molar-refractivity contribution in [2.24, 2.45) is 5.41 Å². The van der Waals surface area contributed by atoms with Gasteiger partial charge in [-0.15, -0.1) is 0 Å². The number of nitrogens with zero attached hydrogens (tertiary/aromatic N) is 2. The number of Topliss-reactive ketones (excluding diaryl/α,β-unsaturated/α-hetero) is 1. The van der Waals surface area contributed by atoms with Crippen LogP contribution < -0.4 is 0 Å². The van der Waals surface area contributed by atoms with E-state index < -0.39 is 0 Å². The van der Waals surface area contributed by atoms with Gasteiger partial charge in [-0.1, -0.05) is 6.92 Å². The second-order valence-electron chi connectivity index (χ2n) is 5.61. The van der Waals surface area contributed by atoms with E-state index in [1.54, 1.807) is 0 Å². The van der Waals surface area contributed by atoms with Gasteiger partial charge in [0, 0.05) is 19.5 Å². The van der Waals surface area contributed by atoms with E-state index in [4.69, 9.17) is 0 Å². The largest absolute Gasteiger partial charge is 0.306 e. The fraction of sp³-hybridized carbons (Fsp3) is 0.917. The highest BCUT2D eigenvalue weighted by Gasteiger charge is 2.32. The first-order valence-corrected chi connectivity index (χ1v) is 6.00. The van der Waals surface area contributed by atoms with Gasteiger partial charge in [-0.2, -0.15) is 0 Å². The lowest BCUT2D eigenvalue weighted by atomic mass is 9.80. The summed E-state index contributed by atoms with van der Waals surface area (Å²) in [5.41, 5.74) is 0.442. The molecule has 0 amide bonds. The first-order valence-electron chi connectivity index (χ1n) is 6.00. The summed E-state index contributed by atoms with van der Waals surface area (Å²) >= 11 is 0. The van der Waals surface area contributed by atoms with Gasteiger partial charge < -0.3 is 4.90 Å². The molecule has 0 spiro atoms. The molecule has 2 fully saturated rings. The van der Waals surface area contributed by atoms with Crippen molar-refractivity contribution in [3.05, 3.63) is 0 Å². The Morgan fingerprint density at radius 3 is 2.47 bits per heavy atom. The highest BCUT2D eigenvalue weighted by atomic mass is 16.1. The molecular weight excluding hydrogens is 188 g/mol. The van der Waals surface area contributed by atoms with Gasteiger partial charge >= 0.3 is 0 Å². The standard InChI is InChI=1S/C12H22N2O/c1-12(4-7-13(2)8-5-12)10-14-6-3-11(15)9-14/h3-10H2,1-2H3. The third kappa shape index (κ3) is 2.79. The van der Waals surface area contributed by atoms with E-state index in [0.29, 0.717) is 17.7 Å². The SMILES string of the molecule is CN1CCC(C)(CN2CCC(=O)C2)CC1. The van der Waals surface area contributed by atoms with Gasteiger partial charge in [0.2, 0.25) is 0 Å². The van der Waals surface area contributed by atoms with E-state index in [0.717, 1.165) is 19.5 Å². The molecule has 0 saturated carbocycles. The molecular formula is C12H22N2O. The number of carbonyl (C=O) groups excluding carboxylic acids is 1. The number of carbonyl (C=O) groups is 1. The van der Waals surface area contributed by atoms with Crippen molar-refractivity contribution in [3.8, 4) is 0 Å². The second-order valence-corrected chi connectivity index (χ2v) is 5.61. The maximum atomic E-state index is 11.2. The molecule has 3 heteroatoms. The second kappa shape index (κ2) is 4.22. The first-order chi connectivity index (χ1) is 7.07. The Labute approximate surface area is 92.4 Å². The maximum Gasteiger partial charge on any atom is 0.148 e. The summed E-state index contributed by atoms with van der Waals surface area (Å²) in [7, 11) is 2.19. The van der Waals surface area contributed by atoms with Crippen LogP contribution in [0.5, 0.6) is 0 Å². The predicted octanol–water partition coefficient (Wildman–Crippen LogP) is 0.993. The van der Waals surface area contributed by atoms with Gasteiger partial charge in [-0.3, -0.25) is 9.69 Å². The number of hydrogen-bond donors (Lipinski definition) is 0. The molecule has 2 rings (SSSR count). The zero-order chi connectivity index (χ0) is 10.9. The monoisotopic (exact) mass is 210 g/mol. The molecule has 2 aliphatic rings. The lowest BCUT2D eigenvalue weighted by Gasteiger charge is -2.40. The normalized spacial score (nSPS) is 28.5. The molecule has 0 aliphatic carbocycles. The van der Waals surface area contributed by atoms with E-state index in [2.05, 4.69) is 23.8 Å². The van der Waals surface area contributed by atoms with E-state index in [1.807, 2.05) is 0 Å². The van der Waals surface area contributed by atoms with Crippen LogP contribution in [0, 0.1) is 5.41 Å². The molecule has 0 bridgehead atoms. The van der Waals surface area contributed by atoms with E-state index in [-0.39, 0.29) is 0 Å². The Morgan fingerprint density at radius 1 is 1.27 bits per heavy atom. The molecule has 15 heavy (non-hydrogen) atoms. The van der Waals surface area contributed by atoms with Crippen LogP contribution in [0.4, 0.5) is 0 Å². The van der Waals surface area contributed by atoms with Gasteiger partial charge in [-0.25, -0.2) is 0 Å². The van der Waals surface area contributed by atoms with Gasteiger partial charge in [0.1, 0.15) is 5.78 Å². The lowest BCUT2D eigenvalue weighted by Crippen LogP contribution is -2.43. The smallest absolute Gasteiger partial charge is 0.148 e. The highest BCUT2D eigenvalue weighted by Crippen LogP contribution is 2.31. The molecule has 0 aromatic heterocycles. The third-order valence-electron chi connectivity index (χ3n) is 3.91. The van der Waals surface area contributed by atoms with Crippen molar-refractivity contribution in [1.82, 2.24) is 9.80 Å². The molecule has 0 radical (unpaired) electrons. The van der Waals surface area contributed by atoms with Crippen LogP contribution in [0.2, 0.25) is 0 Å². The quantitative estimate of drug-likeness (QED) is 0.679. The molecule has 0 N–H and O–H groups in total. The predicted molar refractivity (Wildman–Crippen MR) is 60.9 cm³/mol. The van der Waals surface area contributed by atoms with E-state index in [1.165, 1.54) is 25.9 Å². The van der Waals surface area contributed by atoms with E-state index >= 15 is 0 Å². The van der Waals surface area contributed by atoms with Gasteiger partial charge in [0.05, 0.1) is 6.54 Å². The molecule has 0 aromatic carbocycles. The van der Waals surface area contributed by atoms with Crippen molar-refractivity contribution in [3.63, 3.8) is 0 Å². The number of hydrogen-bond acceptors (Lipinski definition) is 3. The summed E-state index contributed by atoms with van der Waals surface area (Å²) in [6.45, 7) is 7.60. The first kappa shape index (κ1) is 11.1. The molecule has 2 heterocycles. The van der Waals surface area contributed by atoms with Crippen LogP contribution >= 0.6 is 0 Å². The van der Waals surface area contributed by atoms with Crippen molar-refractivity contribution in [2.45, 2.75) is 26.2 Å². The van der Waals surface area contributed by atoms with Gasteiger partial charge in [0.25, 0.3) is 0 Å². The summed E-state index contributed by atoms with van der Waals surface area (Å²) in [6.07, 6.45) is 3.32. The van der Waals surface area contributed by atoms with Crippen molar-refractivity contribution < 1.29 is 4.79 Å². The molecule has 0 unspecified atom stereocenters. The van der Waals surface area contributed by atoms with Crippen LogP contribution in [0.25, 0.3) is 0 Å². The molecule has 86 valence electrons. The average molecular weight is 210 g/mol. The molecule has 2 saturated heterocycles. The minimum Gasteiger partial charge on any atom is -0.306 e. The minimum absolute atomic E-state index is 0.423. The molecule has 2 aliphatic heterocycles. The summed E-state index contributed by atoms with van der Waals surface area (Å²) < 4.78 is 0. The zero-order valence-electron chi connectivity index (χ0n) is 9.96. The molecule has 0 atom stereocenters. The summed E-state index contributed by atoms with van der Waals surface area (Å²) in [6, 6.07) is 0. The fourth-order valence-electron chi connectivity index (χ4n) is 2.68. The summed E-state index contributed by atoms with van der Waals surface area (Å²) in [4.78, 5) is 15.9. The van der Waals surface area contributed by atoms with Crippen molar-refractivity contribution in [1.29, 1.82) is 0 Å². The zero-order valence-corrected chi connectivity index (χ0v) is 9.96. The Balaban J connectivity index is 1.85.